The molecule has 1 aliphatic rings. The van der Waals surface area contributed by atoms with Crippen LogP contribution in [0.2, 0.25) is 0 Å². The fourth-order valence-corrected chi connectivity index (χ4v) is 2.89. The topological polar surface area (TPSA) is 54.0 Å². The molecular weight excluding hydrogens is 363 g/mol. The minimum absolute atomic E-state index is 0.00390. The Balaban J connectivity index is 1.92. The second kappa shape index (κ2) is 8.79. The first kappa shape index (κ1) is 21.3. The van der Waals surface area contributed by atoms with Gasteiger partial charge < -0.3 is 19.7 Å². The molecule has 27 heavy (non-hydrogen) atoms. The molecule has 1 N–H and O–H groups in total. The first-order chi connectivity index (χ1) is 12.6. The Morgan fingerprint density at radius 2 is 1.89 bits per heavy atom. The highest BCUT2D eigenvalue weighted by Crippen LogP contribution is 2.27. The summed E-state index contributed by atoms with van der Waals surface area (Å²) < 4.78 is 46.9. The first-order valence-corrected chi connectivity index (χ1v) is 8.74. The Morgan fingerprint density at radius 3 is 2.52 bits per heavy atom. The third kappa shape index (κ3) is 6.59. The van der Waals surface area contributed by atoms with Gasteiger partial charge in [0.05, 0.1) is 19.8 Å². The Bertz CT molecular complexity index is 632. The maximum absolute atomic E-state index is 12.5. The second-order valence-electron chi connectivity index (χ2n) is 7.08. The van der Waals surface area contributed by atoms with Gasteiger partial charge in [0.15, 0.2) is 0 Å². The van der Waals surface area contributed by atoms with E-state index in [1.807, 2.05) is 13.8 Å². The van der Waals surface area contributed by atoms with Gasteiger partial charge in [-0.05, 0) is 19.9 Å². The molecule has 0 atom stereocenters. The molecule has 1 heterocycles. The smallest absolute Gasteiger partial charge is 0.405 e. The van der Waals surface area contributed by atoms with Gasteiger partial charge >= 0.3 is 12.4 Å². The van der Waals surface area contributed by atoms with E-state index in [0.717, 1.165) is 13.1 Å². The van der Waals surface area contributed by atoms with Gasteiger partial charge in [0.1, 0.15) is 5.75 Å². The number of alkyl halides is 3. The van der Waals surface area contributed by atoms with Crippen molar-refractivity contribution in [3.63, 3.8) is 0 Å². The van der Waals surface area contributed by atoms with Crippen molar-refractivity contribution >= 4 is 6.03 Å². The number of halogens is 3. The van der Waals surface area contributed by atoms with Crippen molar-refractivity contribution in [1.82, 2.24) is 15.1 Å². The average Bonchev–Trinajstić information content (AvgIpc) is 2.61. The highest BCUT2D eigenvalue weighted by Gasteiger charge is 2.32. The zero-order valence-corrected chi connectivity index (χ0v) is 15.8. The van der Waals surface area contributed by atoms with Gasteiger partial charge in [-0.25, -0.2) is 4.79 Å². The Labute approximate surface area is 157 Å². The number of carbonyl (C=O) groups is 1. The van der Waals surface area contributed by atoms with Crippen molar-refractivity contribution in [2.24, 2.45) is 0 Å². The number of hydrogen-bond donors (Lipinski definition) is 1. The van der Waals surface area contributed by atoms with E-state index in [-0.39, 0.29) is 29.4 Å². The van der Waals surface area contributed by atoms with Gasteiger partial charge in [0.2, 0.25) is 0 Å². The molecule has 0 saturated carbocycles. The third-order valence-corrected chi connectivity index (χ3v) is 4.49. The lowest BCUT2D eigenvalue weighted by molar-refractivity contribution is -0.275. The summed E-state index contributed by atoms with van der Waals surface area (Å²) >= 11 is 0. The normalized spacial score (nSPS) is 16.1. The maximum atomic E-state index is 12.5. The fourth-order valence-electron chi connectivity index (χ4n) is 2.89. The van der Waals surface area contributed by atoms with Crippen LogP contribution in [-0.4, -0.2) is 67.6 Å². The molecule has 6 nitrogen and oxygen atoms in total. The van der Waals surface area contributed by atoms with Crippen LogP contribution in [0.1, 0.15) is 19.4 Å². The largest absolute Gasteiger partial charge is 0.573 e. The minimum atomic E-state index is -4.78. The number of ether oxygens (including phenoxy) is 2. The Morgan fingerprint density at radius 1 is 1.26 bits per heavy atom. The lowest BCUT2D eigenvalue weighted by Gasteiger charge is -2.41. The Hall–Kier alpha value is -2.00. The first-order valence-electron chi connectivity index (χ1n) is 8.74. The molecule has 0 aromatic heterocycles. The highest BCUT2D eigenvalue weighted by molar-refractivity contribution is 5.74. The van der Waals surface area contributed by atoms with Crippen LogP contribution in [0.4, 0.5) is 18.0 Å². The maximum Gasteiger partial charge on any atom is 0.573 e. The summed E-state index contributed by atoms with van der Waals surface area (Å²) in [5.41, 5.74) is 0.0253. The average molecular weight is 389 g/mol. The molecule has 9 heteroatoms. The summed E-state index contributed by atoms with van der Waals surface area (Å²) in [4.78, 5) is 15.9. The number of nitrogens with one attached hydrogen (secondary N) is 1. The molecule has 0 spiro atoms. The monoisotopic (exact) mass is 389 g/mol. The molecule has 0 aliphatic carbocycles. The number of urea groups is 1. The minimum Gasteiger partial charge on any atom is -0.405 e. The molecule has 152 valence electrons. The Kier molecular flexibility index (Phi) is 6.94. The number of rotatable bonds is 6. The van der Waals surface area contributed by atoms with Crippen molar-refractivity contribution in [3.05, 3.63) is 29.8 Å². The van der Waals surface area contributed by atoms with Crippen molar-refractivity contribution in [2.45, 2.75) is 32.3 Å². The van der Waals surface area contributed by atoms with Gasteiger partial charge in [0, 0.05) is 37.8 Å². The molecule has 2 amide bonds. The quantitative estimate of drug-likeness (QED) is 0.813. The van der Waals surface area contributed by atoms with Crippen molar-refractivity contribution in [3.8, 4) is 5.75 Å². The van der Waals surface area contributed by atoms with Gasteiger partial charge in [-0.1, -0.05) is 18.2 Å². The summed E-state index contributed by atoms with van der Waals surface area (Å²) in [5.74, 6) is -0.307. The van der Waals surface area contributed by atoms with Crippen LogP contribution in [0.15, 0.2) is 24.3 Å². The number of amides is 2. The fraction of sp³-hybridized carbons (Fsp3) is 0.611. The molecule has 2 rings (SSSR count). The van der Waals surface area contributed by atoms with E-state index in [1.165, 1.54) is 30.1 Å². The number of carbonyl (C=O) groups excluding carboxylic acids is 1. The molecule has 1 saturated heterocycles. The molecule has 1 aromatic rings. The van der Waals surface area contributed by atoms with Crippen LogP contribution in [0, 0.1) is 0 Å². The zero-order valence-electron chi connectivity index (χ0n) is 15.8. The number of morpholine rings is 1. The predicted molar refractivity (Wildman–Crippen MR) is 94.5 cm³/mol. The molecule has 1 aliphatic heterocycles. The van der Waals surface area contributed by atoms with Gasteiger partial charge in [-0.15, -0.1) is 13.2 Å². The van der Waals surface area contributed by atoms with Crippen LogP contribution in [-0.2, 0) is 11.3 Å². The van der Waals surface area contributed by atoms with Crippen LogP contribution in [0.5, 0.6) is 5.75 Å². The van der Waals surface area contributed by atoms with Crippen molar-refractivity contribution < 1.29 is 27.4 Å². The second-order valence-corrected chi connectivity index (χ2v) is 7.08. The summed E-state index contributed by atoms with van der Waals surface area (Å²) in [5, 5.41) is 2.85. The van der Waals surface area contributed by atoms with Gasteiger partial charge in [-0.2, -0.15) is 0 Å². The van der Waals surface area contributed by atoms with Crippen LogP contribution >= 0.6 is 0 Å². The summed E-state index contributed by atoms with van der Waals surface area (Å²) in [7, 11) is 1.53. The number of para-hydroxylation sites is 1. The van der Waals surface area contributed by atoms with E-state index in [2.05, 4.69) is 15.0 Å². The molecular formula is C18H26F3N3O3. The lowest BCUT2D eigenvalue weighted by atomic mass is 10.0. The zero-order chi connectivity index (χ0) is 20.1. The molecule has 0 unspecified atom stereocenters. The highest BCUT2D eigenvalue weighted by atomic mass is 19.4. The van der Waals surface area contributed by atoms with E-state index in [9.17, 15) is 18.0 Å². The summed E-state index contributed by atoms with van der Waals surface area (Å²) in [6.07, 6.45) is -4.78. The van der Waals surface area contributed by atoms with E-state index in [4.69, 9.17) is 4.74 Å². The van der Waals surface area contributed by atoms with Crippen LogP contribution < -0.4 is 10.1 Å². The van der Waals surface area contributed by atoms with E-state index >= 15 is 0 Å². The van der Waals surface area contributed by atoms with Crippen LogP contribution in [0.25, 0.3) is 0 Å². The van der Waals surface area contributed by atoms with Crippen LogP contribution in [0.3, 0.4) is 0 Å². The number of nitrogens with zero attached hydrogens (tertiary/aromatic N) is 2. The van der Waals surface area contributed by atoms with Gasteiger partial charge in [-0.3, -0.25) is 4.90 Å². The van der Waals surface area contributed by atoms with Gasteiger partial charge in [0.25, 0.3) is 0 Å². The SMILES string of the molecule is CN(Cc1ccccc1OC(F)(F)F)C(=O)NCC(C)(C)N1CCOCC1. The predicted octanol–water partition coefficient (Wildman–Crippen LogP) is 2.84. The van der Waals surface area contributed by atoms with E-state index < -0.39 is 6.36 Å². The number of benzene rings is 1. The standard InChI is InChI=1S/C18H26F3N3O3/c1-17(2,24-8-10-26-11-9-24)13-22-16(25)23(3)12-14-6-4-5-7-15(14)27-18(19,20)21/h4-7H,8-13H2,1-3H3,(H,22,25). The van der Waals surface area contributed by atoms with Crippen molar-refractivity contribution in [2.75, 3.05) is 39.9 Å². The molecule has 1 aromatic carbocycles. The molecule has 0 bridgehead atoms. The summed E-state index contributed by atoms with van der Waals surface area (Å²) in [6, 6.07) is 5.43. The van der Waals surface area contributed by atoms with Crippen molar-refractivity contribution in [1.29, 1.82) is 0 Å². The molecule has 0 radical (unpaired) electrons. The summed E-state index contributed by atoms with van der Waals surface area (Å²) in [6.45, 7) is 7.38. The third-order valence-electron chi connectivity index (χ3n) is 4.49. The number of hydrogen-bond acceptors (Lipinski definition) is 4. The van der Waals surface area contributed by atoms with E-state index in [0.29, 0.717) is 19.8 Å². The molecule has 1 fully saturated rings. The van der Waals surface area contributed by atoms with E-state index in [1.54, 1.807) is 6.07 Å². The lowest BCUT2D eigenvalue weighted by Crippen LogP contribution is -2.56.